The van der Waals surface area contributed by atoms with Gasteiger partial charge in [0.05, 0.1) is 19.6 Å². The number of carbonyl (C=O) groups excluding carboxylic acids is 3. The normalized spacial score (nSPS) is 9.62. The Morgan fingerprint density at radius 2 is 1.81 bits per heavy atom. The van der Waals surface area contributed by atoms with Crippen molar-refractivity contribution in [3.8, 4) is 0 Å². The molecule has 0 bridgehead atoms. The van der Waals surface area contributed by atoms with Crippen LogP contribution in [0.15, 0.2) is 0 Å². The van der Waals surface area contributed by atoms with Gasteiger partial charge in [-0.15, -0.1) is 0 Å². The number of hydrogen-bond acceptors (Lipinski definition) is 5. The third-order valence-electron chi connectivity index (χ3n) is 1.91. The molecule has 88 valence electrons. The number of carbonyl (C=O) groups is 3. The molecule has 0 rings (SSSR count). The summed E-state index contributed by atoms with van der Waals surface area (Å²) in [6.45, 7) is -0.344. The van der Waals surface area contributed by atoms with E-state index in [0.717, 1.165) is 0 Å². The van der Waals surface area contributed by atoms with E-state index in [2.05, 4.69) is 0 Å². The quantitative estimate of drug-likeness (QED) is 0.356. The van der Waals surface area contributed by atoms with E-state index < -0.39 is 5.91 Å². The van der Waals surface area contributed by atoms with Gasteiger partial charge >= 0.3 is 0 Å². The molecule has 0 unspecified atom stereocenters. The zero-order chi connectivity index (χ0) is 12.7. The fraction of sp³-hybridized carbons (Fsp3) is 0.571. The van der Waals surface area contributed by atoms with Gasteiger partial charge in [-0.2, -0.15) is 5.48 Å². The van der Waals surface area contributed by atoms with E-state index in [1.165, 1.54) is 32.6 Å². The Bertz CT molecular complexity index is 287. The lowest BCUT2D eigenvalue weighted by atomic mass is 10.0. The first-order valence-electron chi connectivity index (χ1n) is 4.72. The predicted molar refractivity (Wildman–Crippen MR) is 61.2 cm³/mol. The molecule has 7 nitrogen and oxygen atoms in total. The summed E-state index contributed by atoms with van der Waals surface area (Å²) in [7, 11) is 4.32. The van der Waals surface area contributed by atoms with Gasteiger partial charge in [0.25, 0.3) is 0 Å². The molecule has 0 atom stereocenters. The third-order valence-corrected chi connectivity index (χ3v) is 1.91. The molecule has 0 heterocycles. The van der Waals surface area contributed by atoms with Crippen molar-refractivity contribution in [3.05, 3.63) is 0 Å². The summed E-state index contributed by atoms with van der Waals surface area (Å²) < 4.78 is 0. The second-order valence-corrected chi connectivity index (χ2v) is 3.54. The van der Waals surface area contributed by atoms with Gasteiger partial charge in [0.2, 0.25) is 19.8 Å². The average molecular weight is 227 g/mol. The molecule has 0 aliphatic heterocycles. The zero-order valence-electron chi connectivity index (χ0n) is 9.69. The van der Waals surface area contributed by atoms with Crippen molar-refractivity contribution in [2.75, 3.05) is 26.7 Å². The summed E-state index contributed by atoms with van der Waals surface area (Å²) in [6, 6.07) is 0. The SMILES string of the molecule is BC(=O)CN(C)C(=O)CN(B)C(=O)CNO. The number of hydrogen-bond donors (Lipinski definition) is 2. The summed E-state index contributed by atoms with van der Waals surface area (Å²) in [4.78, 5) is 35.9. The Hall–Kier alpha value is -1.34. The average Bonchev–Trinajstić information content (AvgIpc) is 2.16. The molecular formula is C7H15B2N3O4. The summed E-state index contributed by atoms with van der Waals surface area (Å²) in [5.74, 6) is -0.740. The van der Waals surface area contributed by atoms with Crippen LogP contribution in [0.4, 0.5) is 0 Å². The molecule has 0 saturated carbocycles. The monoisotopic (exact) mass is 227 g/mol. The van der Waals surface area contributed by atoms with Crippen LogP contribution in [-0.4, -0.2) is 74.9 Å². The molecule has 0 aliphatic rings. The number of nitrogens with one attached hydrogen (secondary N) is 1. The highest BCUT2D eigenvalue weighted by Crippen LogP contribution is 1.89. The minimum Gasteiger partial charge on any atom is -0.384 e. The van der Waals surface area contributed by atoms with Crippen LogP contribution in [0.1, 0.15) is 0 Å². The van der Waals surface area contributed by atoms with E-state index in [1.54, 1.807) is 5.48 Å². The van der Waals surface area contributed by atoms with Gasteiger partial charge in [0.15, 0.2) is 7.85 Å². The summed E-state index contributed by atoms with van der Waals surface area (Å²) in [5.41, 5.74) is 1.59. The van der Waals surface area contributed by atoms with Crippen molar-refractivity contribution >= 4 is 33.3 Å². The van der Waals surface area contributed by atoms with Crippen LogP contribution in [0, 0.1) is 0 Å². The van der Waals surface area contributed by atoms with Crippen molar-refractivity contribution in [3.63, 3.8) is 0 Å². The topological polar surface area (TPSA) is 90.0 Å². The lowest BCUT2D eigenvalue weighted by molar-refractivity contribution is -0.137. The standard InChI is InChI=1S/C7H15B2N3O4/c1-11(3-5(8)13)7(15)4-12(9)6(14)2-10-16/h10,16H,2-4,8-9H2,1H3. The minimum atomic E-state index is -0.410. The molecule has 16 heavy (non-hydrogen) atoms. The van der Waals surface area contributed by atoms with E-state index in [4.69, 9.17) is 5.21 Å². The number of nitrogens with zero attached hydrogens (tertiary/aromatic N) is 2. The molecule has 9 heteroatoms. The van der Waals surface area contributed by atoms with Crippen LogP contribution in [0.3, 0.4) is 0 Å². The number of likely N-dealkylation sites (N-methyl/N-ethyl adjacent to an activating group) is 1. The first-order valence-corrected chi connectivity index (χ1v) is 4.72. The predicted octanol–water partition coefficient (Wildman–Crippen LogP) is -4.04. The molecular weight excluding hydrogens is 212 g/mol. The van der Waals surface area contributed by atoms with Gasteiger partial charge in [0.1, 0.15) is 5.68 Å². The third kappa shape index (κ3) is 5.52. The number of amides is 2. The molecule has 0 aromatic carbocycles. The van der Waals surface area contributed by atoms with Crippen molar-refractivity contribution in [2.45, 2.75) is 0 Å². The van der Waals surface area contributed by atoms with Crippen molar-refractivity contribution in [1.82, 2.24) is 15.2 Å². The van der Waals surface area contributed by atoms with Crippen LogP contribution in [0.5, 0.6) is 0 Å². The molecule has 0 fully saturated rings. The summed E-state index contributed by atoms with van der Waals surface area (Å²) in [6.07, 6.45) is 0. The Kier molecular flexibility index (Phi) is 6.43. The van der Waals surface area contributed by atoms with Crippen molar-refractivity contribution < 1.29 is 19.6 Å². The lowest BCUT2D eigenvalue weighted by Crippen LogP contribution is -2.44. The maximum atomic E-state index is 11.5. The van der Waals surface area contributed by atoms with Gasteiger partial charge in [-0.1, -0.05) is 0 Å². The Morgan fingerprint density at radius 3 is 2.25 bits per heavy atom. The molecule has 2 amide bonds. The largest absolute Gasteiger partial charge is 0.384 e. The molecule has 0 saturated heterocycles. The smallest absolute Gasteiger partial charge is 0.241 e. The highest BCUT2D eigenvalue weighted by atomic mass is 16.5. The maximum Gasteiger partial charge on any atom is 0.241 e. The Balaban J connectivity index is 4.12. The number of rotatable bonds is 6. The summed E-state index contributed by atoms with van der Waals surface area (Å²) in [5, 5.41) is 8.31. The van der Waals surface area contributed by atoms with Crippen LogP contribution >= 0.6 is 0 Å². The van der Waals surface area contributed by atoms with Crippen molar-refractivity contribution in [1.29, 1.82) is 0 Å². The van der Waals surface area contributed by atoms with Gasteiger partial charge in [0, 0.05) is 7.05 Å². The minimum absolute atomic E-state index is 0.0269. The van der Waals surface area contributed by atoms with Crippen LogP contribution in [0.2, 0.25) is 0 Å². The molecule has 0 radical (unpaired) electrons. The summed E-state index contributed by atoms with van der Waals surface area (Å²) >= 11 is 0. The second-order valence-electron chi connectivity index (χ2n) is 3.54. The van der Waals surface area contributed by atoms with Gasteiger partial charge in [-0.25, -0.2) is 0 Å². The molecule has 0 aromatic heterocycles. The highest BCUT2D eigenvalue weighted by molar-refractivity contribution is 6.58. The van der Waals surface area contributed by atoms with Gasteiger partial charge in [-0.05, 0) is 0 Å². The molecule has 0 aromatic rings. The lowest BCUT2D eigenvalue weighted by Gasteiger charge is -2.21. The first kappa shape index (κ1) is 14.7. The first-order chi connectivity index (χ1) is 7.38. The van der Waals surface area contributed by atoms with Crippen LogP contribution in [0.25, 0.3) is 0 Å². The van der Waals surface area contributed by atoms with Gasteiger partial charge in [-0.3, -0.25) is 9.59 Å². The van der Waals surface area contributed by atoms with Crippen molar-refractivity contribution in [2.24, 2.45) is 0 Å². The highest BCUT2D eigenvalue weighted by Gasteiger charge is 2.15. The fourth-order valence-electron chi connectivity index (χ4n) is 1.04. The van der Waals surface area contributed by atoms with Crippen LogP contribution < -0.4 is 5.48 Å². The van der Waals surface area contributed by atoms with Gasteiger partial charge < -0.3 is 19.7 Å². The molecule has 0 spiro atoms. The van der Waals surface area contributed by atoms with E-state index in [1.807, 2.05) is 0 Å². The van der Waals surface area contributed by atoms with E-state index in [-0.39, 0.29) is 31.2 Å². The number of hydroxylamine groups is 1. The van der Waals surface area contributed by atoms with E-state index in [0.29, 0.717) is 0 Å². The fourth-order valence-corrected chi connectivity index (χ4v) is 1.04. The molecule has 2 N–H and O–H groups in total. The maximum absolute atomic E-state index is 11.5. The molecule has 0 aliphatic carbocycles. The Morgan fingerprint density at radius 1 is 1.25 bits per heavy atom. The van der Waals surface area contributed by atoms with E-state index >= 15 is 0 Å². The Labute approximate surface area is 95.6 Å². The second kappa shape index (κ2) is 7.02. The van der Waals surface area contributed by atoms with E-state index in [9.17, 15) is 14.4 Å². The zero-order valence-corrected chi connectivity index (χ0v) is 9.69. The van der Waals surface area contributed by atoms with Crippen LogP contribution in [-0.2, 0) is 14.4 Å².